The van der Waals surface area contributed by atoms with E-state index in [4.69, 9.17) is 4.74 Å². The third-order valence-electron chi connectivity index (χ3n) is 3.92. The third-order valence-corrected chi connectivity index (χ3v) is 3.92. The zero-order valence-corrected chi connectivity index (χ0v) is 11.2. The molecule has 18 heavy (non-hydrogen) atoms. The van der Waals surface area contributed by atoms with Crippen LogP contribution >= 0.6 is 0 Å². The predicted molar refractivity (Wildman–Crippen MR) is 70.2 cm³/mol. The first kappa shape index (κ1) is 12.9. The Balaban J connectivity index is 2.46. The van der Waals surface area contributed by atoms with Gasteiger partial charge in [0.2, 0.25) is 0 Å². The maximum atomic E-state index is 11.3. The zero-order valence-electron chi connectivity index (χ0n) is 11.2. The summed E-state index contributed by atoms with van der Waals surface area (Å²) < 4.78 is 5.45. The lowest BCUT2D eigenvalue weighted by molar-refractivity contribution is -0.142. The molecule has 0 heterocycles. The van der Waals surface area contributed by atoms with Crippen LogP contribution in [-0.2, 0) is 4.79 Å². The molecule has 1 aliphatic carbocycles. The van der Waals surface area contributed by atoms with Crippen LogP contribution in [0.25, 0.3) is 0 Å². The predicted octanol–water partition coefficient (Wildman–Crippen LogP) is 3.28. The SMILES string of the molecule is COc1cc(C)cc(C)c1C1CCCC1C(=O)O. The van der Waals surface area contributed by atoms with Gasteiger partial charge in [-0.25, -0.2) is 0 Å². The Morgan fingerprint density at radius 1 is 1.33 bits per heavy atom. The number of hydrogen-bond donors (Lipinski definition) is 1. The molecule has 2 rings (SSSR count). The Bertz CT molecular complexity index is 465. The summed E-state index contributed by atoms with van der Waals surface area (Å²) in [6.07, 6.45) is 2.70. The summed E-state index contributed by atoms with van der Waals surface area (Å²) in [5.74, 6) is -0.0106. The average molecular weight is 248 g/mol. The highest BCUT2D eigenvalue weighted by Gasteiger charge is 2.36. The number of carboxylic acids is 1. The Labute approximate surface area is 108 Å². The summed E-state index contributed by atoms with van der Waals surface area (Å²) in [4.78, 5) is 11.3. The maximum absolute atomic E-state index is 11.3. The molecule has 0 aliphatic heterocycles. The van der Waals surface area contributed by atoms with Crippen LogP contribution in [0.2, 0.25) is 0 Å². The first-order valence-electron chi connectivity index (χ1n) is 6.42. The van der Waals surface area contributed by atoms with E-state index in [0.717, 1.165) is 41.7 Å². The number of hydrogen-bond acceptors (Lipinski definition) is 2. The standard InChI is InChI=1S/C15H20O3/c1-9-7-10(2)14(13(8-9)18-3)11-5-4-6-12(11)15(16)17/h7-8,11-12H,4-6H2,1-3H3,(H,16,17). The summed E-state index contributed by atoms with van der Waals surface area (Å²) in [5.41, 5.74) is 3.39. The van der Waals surface area contributed by atoms with Crippen molar-refractivity contribution in [1.29, 1.82) is 0 Å². The zero-order chi connectivity index (χ0) is 13.3. The minimum Gasteiger partial charge on any atom is -0.496 e. The molecular formula is C15H20O3. The Morgan fingerprint density at radius 2 is 2.06 bits per heavy atom. The number of aliphatic carboxylic acids is 1. The van der Waals surface area contributed by atoms with Crippen LogP contribution in [0.1, 0.15) is 41.9 Å². The van der Waals surface area contributed by atoms with Crippen molar-refractivity contribution in [2.24, 2.45) is 5.92 Å². The van der Waals surface area contributed by atoms with Crippen LogP contribution in [0.3, 0.4) is 0 Å². The molecule has 0 amide bonds. The van der Waals surface area contributed by atoms with Crippen LogP contribution in [0.5, 0.6) is 5.75 Å². The van der Waals surface area contributed by atoms with E-state index in [0.29, 0.717) is 0 Å². The topological polar surface area (TPSA) is 46.5 Å². The summed E-state index contributed by atoms with van der Waals surface area (Å²) >= 11 is 0. The van der Waals surface area contributed by atoms with Crippen molar-refractivity contribution in [3.8, 4) is 5.75 Å². The summed E-state index contributed by atoms with van der Waals surface area (Å²) in [5, 5.41) is 9.31. The fourth-order valence-corrected chi connectivity index (χ4v) is 3.18. The molecule has 0 bridgehead atoms. The third kappa shape index (κ3) is 2.22. The molecule has 98 valence electrons. The van der Waals surface area contributed by atoms with E-state index in [1.807, 2.05) is 19.9 Å². The van der Waals surface area contributed by atoms with Crippen LogP contribution < -0.4 is 4.74 Å². The first-order valence-corrected chi connectivity index (χ1v) is 6.42. The first-order chi connectivity index (χ1) is 8.54. The molecule has 1 fully saturated rings. The number of aryl methyl sites for hydroxylation is 2. The number of carbonyl (C=O) groups is 1. The van der Waals surface area contributed by atoms with Gasteiger partial charge in [-0.15, -0.1) is 0 Å². The van der Waals surface area contributed by atoms with Gasteiger partial charge in [0.1, 0.15) is 5.75 Å². The second-order valence-electron chi connectivity index (χ2n) is 5.18. The lowest BCUT2D eigenvalue weighted by Gasteiger charge is -2.22. The summed E-state index contributed by atoms with van der Waals surface area (Å²) in [6, 6.07) is 4.11. The lowest BCUT2D eigenvalue weighted by atomic mass is 9.85. The fraction of sp³-hybridized carbons (Fsp3) is 0.533. The van der Waals surface area contributed by atoms with Crippen molar-refractivity contribution in [3.63, 3.8) is 0 Å². The Morgan fingerprint density at radius 3 is 2.67 bits per heavy atom. The molecule has 1 aromatic carbocycles. The van der Waals surface area contributed by atoms with E-state index in [-0.39, 0.29) is 11.8 Å². The number of carboxylic acid groups (broad SMARTS) is 1. The maximum Gasteiger partial charge on any atom is 0.307 e. The summed E-state index contributed by atoms with van der Waals surface area (Å²) in [6.45, 7) is 4.07. The van der Waals surface area contributed by atoms with Gasteiger partial charge in [-0.2, -0.15) is 0 Å². The quantitative estimate of drug-likeness (QED) is 0.893. The largest absolute Gasteiger partial charge is 0.496 e. The highest BCUT2D eigenvalue weighted by molar-refractivity contribution is 5.72. The molecule has 0 spiro atoms. The van der Waals surface area contributed by atoms with E-state index in [2.05, 4.69) is 6.07 Å². The van der Waals surface area contributed by atoms with Crippen molar-refractivity contribution in [2.45, 2.75) is 39.0 Å². The molecule has 0 radical (unpaired) electrons. The number of methoxy groups -OCH3 is 1. The van der Waals surface area contributed by atoms with Crippen molar-refractivity contribution in [1.82, 2.24) is 0 Å². The van der Waals surface area contributed by atoms with E-state index >= 15 is 0 Å². The van der Waals surface area contributed by atoms with Crippen molar-refractivity contribution >= 4 is 5.97 Å². The molecule has 1 saturated carbocycles. The molecule has 2 unspecified atom stereocenters. The van der Waals surface area contributed by atoms with E-state index in [9.17, 15) is 9.90 Å². The molecule has 1 aliphatic rings. The highest BCUT2D eigenvalue weighted by atomic mass is 16.5. The second kappa shape index (κ2) is 5.01. The molecule has 1 aromatic rings. The second-order valence-corrected chi connectivity index (χ2v) is 5.18. The van der Waals surface area contributed by atoms with Gasteiger partial charge in [-0.3, -0.25) is 4.79 Å². The molecule has 0 saturated heterocycles. The van der Waals surface area contributed by atoms with Crippen molar-refractivity contribution in [3.05, 3.63) is 28.8 Å². The van der Waals surface area contributed by atoms with Crippen molar-refractivity contribution < 1.29 is 14.6 Å². The minimum absolute atomic E-state index is 0.0954. The van der Waals surface area contributed by atoms with Gasteiger partial charge in [0.25, 0.3) is 0 Å². The molecule has 0 aromatic heterocycles. The van der Waals surface area contributed by atoms with Gasteiger partial charge in [0.15, 0.2) is 0 Å². The molecular weight excluding hydrogens is 228 g/mol. The Kier molecular flexibility index (Phi) is 3.60. The van der Waals surface area contributed by atoms with Crippen molar-refractivity contribution in [2.75, 3.05) is 7.11 Å². The van der Waals surface area contributed by atoms with Gasteiger partial charge in [0, 0.05) is 11.5 Å². The van der Waals surface area contributed by atoms with Gasteiger partial charge in [-0.1, -0.05) is 12.5 Å². The number of ether oxygens (including phenoxy) is 1. The van der Waals surface area contributed by atoms with Crippen LogP contribution in [0.4, 0.5) is 0 Å². The van der Waals surface area contributed by atoms with E-state index < -0.39 is 5.97 Å². The molecule has 3 heteroatoms. The highest BCUT2D eigenvalue weighted by Crippen LogP contribution is 2.44. The molecule has 2 atom stereocenters. The minimum atomic E-state index is -0.681. The number of rotatable bonds is 3. The van der Waals surface area contributed by atoms with Gasteiger partial charge in [0.05, 0.1) is 13.0 Å². The Hall–Kier alpha value is -1.51. The van der Waals surface area contributed by atoms with Gasteiger partial charge < -0.3 is 9.84 Å². The monoisotopic (exact) mass is 248 g/mol. The van der Waals surface area contributed by atoms with E-state index in [1.165, 1.54) is 0 Å². The lowest BCUT2D eigenvalue weighted by Crippen LogP contribution is -2.18. The summed E-state index contributed by atoms with van der Waals surface area (Å²) in [7, 11) is 1.66. The van der Waals surface area contributed by atoms with E-state index in [1.54, 1.807) is 7.11 Å². The molecule has 1 N–H and O–H groups in total. The van der Waals surface area contributed by atoms with Crippen LogP contribution in [0.15, 0.2) is 12.1 Å². The van der Waals surface area contributed by atoms with Crippen LogP contribution in [0, 0.1) is 19.8 Å². The normalized spacial score (nSPS) is 23.1. The molecule has 3 nitrogen and oxygen atoms in total. The van der Waals surface area contributed by atoms with Gasteiger partial charge >= 0.3 is 5.97 Å². The van der Waals surface area contributed by atoms with Crippen LogP contribution in [-0.4, -0.2) is 18.2 Å². The van der Waals surface area contributed by atoms with Gasteiger partial charge in [-0.05, 0) is 43.9 Å². The number of benzene rings is 1. The smallest absolute Gasteiger partial charge is 0.307 e. The average Bonchev–Trinajstić information content (AvgIpc) is 2.76. The fourth-order valence-electron chi connectivity index (χ4n) is 3.18.